The van der Waals surface area contributed by atoms with Crippen LogP contribution < -0.4 is 5.32 Å². The van der Waals surface area contributed by atoms with E-state index in [0.717, 1.165) is 12.2 Å². The van der Waals surface area contributed by atoms with E-state index in [9.17, 15) is 19.1 Å². The highest BCUT2D eigenvalue weighted by Crippen LogP contribution is 2.51. The highest BCUT2D eigenvalue weighted by molar-refractivity contribution is 6.76. The Kier molecular flexibility index (Phi) is 6.96. The van der Waals surface area contributed by atoms with Crippen LogP contribution in [0.2, 0.25) is 30.8 Å². The predicted octanol–water partition coefficient (Wildman–Crippen LogP) is 4.08. The second-order valence-electron chi connectivity index (χ2n) is 10.5. The van der Waals surface area contributed by atoms with Crippen molar-refractivity contribution in [3.63, 3.8) is 0 Å². The Morgan fingerprint density at radius 1 is 1.35 bits per heavy atom. The molecule has 3 atom stereocenters. The van der Waals surface area contributed by atoms with Gasteiger partial charge in [0.25, 0.3) is 0 Å². The molecule has 1 saturated heterocycles. The monoisotopic (exact) mass is 508 g/mol. The van der Waals surface area contributed by atoms with Gasteiger partial charge in [0.15, 0.2) is 11.6 Å². The van der Waals surface area contributed by atoms with E-state index in [-0.39, 0.29) is 34.8 Å². The highest BCUT2D eigenvalue weighted by atomic mass is 35.5. The van der Waals surface area contributed by atoms with Gasteiger partial charge in [-0.25, -0.2) is 14.1 Å². The molecule has 0 radical (unpaired) electrons. The summed E-state index contributed by atoms with van der Waals surface area (Å²) in [6.45, 7) is 7.93. The third kappa shape index (κ3) is 5.40. The molecule has 4 rings (SSSR count). The fourth-order valence-corrected chi connectivity index (χ4v) is 5.47. The molecule has 3 heterocycles. The number of carboxylic acids is 1. The summed E-state index contributed by atoms with van der Waals surface area (Å²) in [5.74, 6) is -2.40. The Balaban J connectivity index is 1.57. The van der Waals surface area contributed by atoms with Gasteiger partial charge in [-0.15, -0.1) is 0 Å². The van der Waals surface area contributed by atoms with Crippen molar-refractivity contribution < 1.29 is 23.8 Å². The lowest BCUT2D eigenvalue weighted by molar-refractivity contribution is -0.143. The van der Waals surface area contributed by atoms with E-state index in [1.165, 1.54) is 10.7 Å². The minimum absolute atomic E-state index is 0.0711. The van der Waals surface area contributed by atoms with Crippen LogP contribution in [-0.4, -0.2) is 58.4 Å². The standard InChI is InChI=1S/C23H30ClFN4O4Si/c1-34(2,3)7-6-33-13-29-19(15-8-20(24)26-12-17(15)25)9-18(28-29)21(30)16-11-23(16)10-14(22(31)32)4-5-27-23/h8-9,12,14,16,27H,4-7,10-11,13H2,1-3H3,(H,31,32). The second-order valence-corrected chi connectivity index (χ2v) is 16.5. The van der Waals surface area contributed by atoms with Crippen molar-refractivity contribution in [3.8, 4) is 11.3 Å². The summed E-state index contributed by atoms with van der Waals surface area (Å²) in [4.78, 5) is 28.6. The average molecular weight is 509 g/mol. The van der Waals surface area contributed by atoms with Crippen molar-refractivity contribution >= 4 is 31.4 Å². The number of rotatable bonds is 9. The minimum Gasteiger partial charge on any atom is -0.481 e. The first-order chi connectivity index (χ1) is 16.0. The summed E-state index contributed by atoms with van der Waals surface area (Å²) in [5.41, 5.74) is 0.277. The maximum Gasteiger partial charge on any atom is 0.306 e. The van der Waals surface area contributed by atoms with Crippen LogP contribution >= 0.6 is 11.6 Å². The number of carbonyl (C=O) groups excluding carboxylic acids is 1. The molecule has 2 N–H and O–H groups in total. The van der Waals surface area contributed by atoms with Crippen molar-refractivity contribution in [1.29, 1.82) is 0 Å². The average Bonchev–Trinajstić information content (AvgIpc) is 3.27. The molecule has 34 heavy (non-hydrogen) atoms. The zero-order valence-electron chi connectivity index (χ0n) is 19.6. The normalized spacial score (nSPS) is 24.4. The summed E-state index contributed by atoms with van der Waals surface area (Å²) in [6.07, 6.45) is 2.57. The molecule has 2 aromatic heterocycles. The minimum atomic E-state index is -1.29. The van der Waals surface area contributed by atoms with E-state index < -0.39 is 31.3 Å². The maximum atomic E-state index is 14.6. The number of ketones is 1. The van der Waals surface area contributed by atoms with Gasteiger partial charge in [0.1, 0.15) is 17.6 Å². The first-order valence-electron chi connectivity index (χ1n) is 11.5. The second kappa shape index (κ2) is 9.48. The number of hydrogen-bond acceptors (Lipinski definition) is 6. The van der Waals surface area contributed by atoms with Gasteiger partial charge in [0.05, 0.1) is 17.8 Å². The van der Waals surface area contributed by atoms with Gasteiger partial charge in [0.2, 0.25) is 0 Å². The largest absolute Gasteiger partial charge is 0.481 e. The summed E-state index contributed by atoms with van der Waals surface area (Å²) in [7, 11) is -1.29. The summed E-state index contributed by atoms with van der Waals surface area (Å²) in [6, 6.07) is 3.92. The molecular formula is C23H30ClFN4O4Si. The van der Waals surface area contributed by atoms with E-state index in [1.807, 2.05) is 0 Å². The molecule has 11 heteroatoms. The third-order valence-corrected chi connectivity index (χ3v) is 8.57. The SMILES string of the molecule is C[Si](C)(C)CCOCn1nc(C(=O)C2CC23CC(C(=O)O)CCN3)cc1-c1cc(Cl)ncc1F. The van der Waals surface area contributed by atoms with E-state index >= 15 is 0 Å². The van der Waals surface area contributed by atoms with E-state index in [1.54, 1.807) is 6.07 Å². The Morgan fingerprint density at radius 2 is 2.12 bits per heavy atom. The number of halogens is 2. The first kappa shape index (κ1) is 25.0. The van der Waals surface area contributed by atoms with Gasteiger partial charge in [-0.05, 0) is 44.0 Å². The molecule has 1 aliphatic carbocycles. The van der Waals surface area contributed by atoms with Crippen LogP contribution in [0, 0.1) is 17.7 Å². The van der Waals surface area contributed by atoms with Crippen LogP contribution in [0.1, 0.15) is 29.8 Å². The number of carbonyl (C=O) groups is 2. The van der Waals surface area contributed by atoms with Gasteiger partial charge >= 0.3 is 5.97 Å². The molecule has 1 aliphatic heterocycles. The van der Waals surface area contributed by atoms with Crippen LogP contribution in [0.25, 0.3) is 11.3 Å². The fraction of sp³-hybridized carbons (Fsp3) is 0.565. The zero-order valence-corrected chi connectivity index (χ0v) is 21.4. The van der Waals surface area contributed by atoms with E-state index in [4.69, 9.17) is 16.3 Å². The molecule has 2 fully saturated rings. The third-order valence-electron chi connectivity index (χ3n) is 6.66. The van der Waals surface area contributed by atoms with Crippen LogP contribution in [0.5, 0.6) is 0 Å². The number of piperidine rings is 1. The molecule has 0 amide bonds. The lowest BCUT2D eigenvalue weighted by atomic mass is 9.88. The van der Waals surface area contributed by atoms with Gasteiger partial charge < -0.3 is 15.2 Å². The molecule has 1 spiro atoms. The molecule has 0 aromatic carbocycles. The lowest BCUT2D eigenvalue weighted by Crippen LogP contribution is -2.44. The molecule has 0 bridgehead atoms. The topological polar surface area (TPSA) is 106 Å². The quantitative estimate of drug-likeness (QED) is 0.227. The lowest BCUT2D eigenvalue weighted by Gasteiger charge is -2.28. The molecular weight excluding hydrogens is 479 g/mol. The van der Waals surface area contributed by atoms with Crippen molar-refractivity contribution in [3.05, 3.63) is 35.0 Å². The Bertz CT molecular complexity index is 1110. The number of nitrogens with zero attached hydrogens (tertiary/aromatic N) is 3. The van der Waals surface area contributed by atoms with Crippen LogP contribution in [0.15, 0.2) is 18.3 Å². The fourth-order valence-electron chi connectivity index (χ4n) is 4.56. The summed E-state index contributed by atoms with van der Waals surface area (Å²) in [5, 5.41) is 17.4. The maximum absolute atomic E-state index is 14.6. The Morgan fingerprint density at radius 3 is 2.82 bits per heavy atom. The number of hydrogen-bond donors (Lipinski definition) is 2. The molecule has 184 valence electrons. The Labute approximate surface area is 203 Å². The zero-order chi connectivity index (χ0) is 24.7. The number of ether oxygens (including phenoxy) is 1. The summed E-state index contributed by atoms with van der Waals surface area (Å²) < 4.78 is 21.9. The number of aliphatic carboxylic acids is 1. The van der Waals surface area contributed by atoms with Crippen molar-refractivity contribution in [1.82, 2.24) is 20.1 Å². The van der Waals surface area contributed by atoms with E-state index in [0.29, 0.717) is 38.1 Å². The first-order valence-corrected chi connectivity index (χ1v) is 15.6. The predicted molar refractivity (Wildman–Crippen MR) is 128 cm³/mol. The highest BCUT2D eigenvalue weighted by Gasteiger charge is 2.60. The van der Waals surface area contributed by atoms with Gasteiger partial charge in [0, 0.05) is 31.7 Å². The number of carboxylic acid groups (broad SMARTS) is 1. The van der Waals surface area contributed by atoms with Gasteiger partial charge in [-0.3, -0.25) is 9.59 Å². The van der Waals surface area contributed by atoms with Crippen molar-refractivity contribution in [2.45, 2.75) is 57.2 Å². The number of Topliss-reactive ketones (excluding diaryl/α,β-unsaturated/α-hetero) is 1. The smallest absolute Gasteiger partial charge is 0.306 e. The van der Waals surface area contributed by atoms with Crippen molar-refractivity contribution in [2.24, 2.45) is 11.8 Å². The van der Waals surface area contributed by atoms with Crippen molar-refractivity contribution in [2.75, 3.05) is 13.2 Å². The Hall–Kier alpha value is -2.14. The van der Waals surface area contributed by atoms with E-state index in [2.05, 4.69) is 35.0 Å². The molecule has 1 saturated carbocycles. The van der Waals surface area contributed by atoms with Crippen LogP contribution in [0.3, 0.4) is 0 Å². The van der Waals surface area contributed by atoms with Crippen LogP contribution in [0.4, 0.5) is 4.39 Å². The molecule has 2 aromatic rings. The number of aromatic nitrogens is 3. The summed E-state index contributed by atoms with van der Waals surface area (Å²) >= 11 is 6.01. The molecule has 3 unspecified atom stereocenters. The molecule has 2 aliphatic rings. The number of nitrogens with one attached hydrogen (secondary N) is 1. The number of pyridine rings is 1. The van der Waals surface area contributed by atoms with Gasteiger partial charge in [-0.2, -0.15) is 5.10 Å². The van der Waals surface area contributed by atoms with Gasteiger partial charge in [-0.1, -0.05) is 31.2 Å². The van der Waals surface area contributed by atoms with Crippen LogP contribution in [-0.2, 0) is 16.3 Å². The molecule has 8 nitrogen and oxygen atoms in total.